The van der Waals surface area contributed by atoms with E-state index >= 15 is 0 Å². The molecule has 1 aliphatic heterocycles. The first kappa shape index (κ1) is 14.8. The van der Waals surface area contributed by atoms with Crippen LogP contribution in [-0.2, 0) is 4.79 Å². The average molecular weight is 303 g/mol. The van der Waals surface area contributed by atoms with Crippen LogP contribution in [0.25, 0.3) is 0 Å². The summed E-state index contributed by atoms with van der Waals surface area (Å²) in [7, 11) is 0. The average Bonchev–Trinajstić information content (AvgIpc) is 3.18. The van der Waals surface area contributed by atoms with E-state index < -0.39 is 0 Å². The predicted molar refractivity (Wildman–Crippen MR) is 79.3 cm³/mol. The molecular formula is C16H21N3O3. The Labute approximate surface area is 129 Å². The zero-order valence-corrected chi connectivity index (χ0v) is 13.4. The summed E-state index contributed by atoms with van der Waals surface area (Å²) in [6.45, 7) is 8.26. The number of hydrogen-bond donors (Lipinski definition) is 0. The van der Waals surface area contributed by atoms with Gasteiger partial charge in [-0.25, -0.2) is 0 Å². The van der Waals surface area contributed by atoms with E-state index in [1.54, 1.807) is 0 Å². The van der Waals surface area contributed by atoms with Gasteiger partial charge in [-0.05, 0) is 40.5 Å². The van der Waals surface area contributed by atoms with Gasteiger partial charge in [0, 0.05) is 18.2 Å². The summed E-state index contributed by atoms with van der Waals surface area (Å²) in [5, 5.41) is 8.04. The molecule has 0 aliphatic carbocycles. The number of aryl methyl sites for hydroxylation is 3. The minimum absolute atomic E-state index is 0.00729. The molecule has 0 aromatic carbocycles. The molecule has 2 atom stereocenters. The second-order valence-electron chi connectivity index (χ2n) is 6.01. The molecule has 6 nitrogen and oxygen atoms in total. The van der Waals surface area contributed by atoms with Crippen molar-refractivity contribution in [2.75, 3.05) is 6.54 Å². The summed E-state index contributed by atoms with van der Waals surface area (Å²) < 4.78 is 10.4. The smallest absolute Gasteiger partial charge is 0.230 e. The van der Waals surface area contributed by atoms with E-state index in [0.717, 1.165) is 42.1 Å². The Balaban J connectivity index is 1.84. The molecule has 118 valence electrons. The van der Waals surface area contributed by atoms with E-state index in [1.807, 2.05) is 38.7 Å². The van der Waals surface area contributed by atoms with Crippen molar-refractivity contribution in [3.8, 4) is 0 Å². The van der Waals surface area contributed by atoms with E-state index in [1.165, 1.54) is 0 Å². The molecule has 6 heteroatoms. The van der Waals surface area contributed by atoms with Gasteiger partial charge < -0.3 is 13.9 Å². The van der Waals surface area contributed by atoms with Gasteiger partial charge in [-0.1, -0.05) is 10.3 Å². The Morgan fingerprint density at radius 2 is 2.09 bits per heavy atom. The first-order valence-electron chi connectivity index (χ1n) is 7.65. The van der Waals surface area contributed by atoms with Crippen LogP contribution in [0.15, 0.2) is 15.1 Å². The molecule has 1 amide bonds. The van der Waals surface area contributed by atoms with Gasteiger partial charge in [0.1, 0.15) is 17.2 Å². The Kier molecular flexibility index (Phi) is 3.76. The highest BCUT2D eigenvalue weighted by Crippen LogP contribution is 2.35. The predicted octanol–water partition coefficient (Wildman–Crippen LogP) is 3.06. The molecule has 0 spiro atoms. The maximum atomic E-state index is 12.9. The van der Waals surface area contributed by atoms with Crippen molar-refractivity contribution in [1.29, 1.82) is 0 Å². The van der Waals surface area contributed by atoms with Crippen molar-refractivity contribution in [2.24, 2.45) is 0 Å². The monoisotopic (exact) mass is 303 g/mol. The number of carbonyl (C=O) groups excluding carboxylic acids is 1. The lowest BCUT2D eigenvalue weighted by atomic mass is 9.97. The molecule has 0 unspecified atom stereocenters. The largest absolute Gasteiger partial charge is 0.361 e. The van der Waals surface area contributed by atoms with Crippen LogP contribution in [0.4, 0.5) is 0 Å². The summed E-state index contributed by atoms with van der Waals surface area (Å²) >= 11 is 0. The van der Waals surface area contributed by atoms with Crippen LogP contribution >= 0.6 is 0 Å². The summed E-state index contributed by atoms with van der Waals surface area (Å²) in [6.07, 6.45) is 1.91. The lowest BCUT2D eigenvalue weighted by Crippen LogP contribution is -2.34. The molecule has 22 heavy (non-hydrogen) atoms. The zero-order chi connectivity index (χ0) is 15.9. The maximum Gasteiger partial charge on any atom is 0.230 e. The van der Waals surface area contributed by atoms with Crippen LogP contribution in [-0.4, -0.2) is 27.7 Å². The molecule has 1 fully saturated rings. The second-order valence-corrected chi connectivity index (χ2v) is 6.01. The molecule has 1 aliphatic rings. The van der Waals surface area contributed by atoms with Crippen LogP contribution in [0, 0.1) is 20.8 Å². The molecule has 3 rings (SSSR count). The normalized spacial score (nSPS) is 19.6. The topological polar surface area (TPSA) is 72.4 Å². The Hall–Kier alpha value is -2.11. The molecule has 1 saturated heterocycles. The fraction of sp³-hybridized carbons (Fsp3) is 0.562. The van der Waals surface area contributed by atoms with Gasteiger partial charge in [0.2, 0.25) is 5.91 Å². The third-order valence-corrected chi connectivity index (χ3v) is 4.42. The number of hydrogen-bond acceptors (Lipinski definition) is 5. The minimum Gasteiger partial charge on any atom is -0.361 e. The SMILES string of the molecule is Cc1cc([C@H]2CCCN2C(=O)[C@@H](C)c2c(C)noc2C)no1. The highest BCUT2D eigenvalue weighted by Gasteiger charge is 2.36. The Morgan fingerprint density at radius 3 is 2.68 bits per heavy atom. The lowest BCUT2D eigenvalue weighted by molar-refractivity contribution is -0.133. The second kappa shape index (κ2) is 5.59. The number of aromatic nitrogens is 2. The van der Waals surface area contributed by atoms with E-state index in [2.05, 4.69) is 10.3 Å². The lowest BCUT2D eigenvalue weighted by Gasteiger charge is -2.26. The molecular weight excluding hydrogens is 282 g/mol. The third kappa shape index (κ3) is 2.42. The van der Waals surface area contributed by atoms with Gasteiger partial charge in [0.25, 0.3) is 0 Å². The van der Waals surface area contributed by atoms with E-state index in [4.69, 9.17) is 9.05 Å². The van der Waals surface area contributed by atoms with Gasteiger partial charge in [-0.2, -0.15) is 0 Å². The van der Waals surface area contributed by atoms with Gasteiger partial charge >= 0.3 is 0 Å². The third-order valence-electron chi connectivity index (χ3n) is 4.42. The zero-order valence-electron chi connectivity index (χ0n) is 13.4. The van der Waals surface area contributed by atoms with Gasteiger partial charge in [0.05, 0.1) is 17.7 Å². The fourth-order valence-electron chi connectivity index (χ4n) is 3.36. The number of likely N-dealkylation sites (tertiary alicyclic amines) is 1. The van der Waals surface area contributed by atoms with Crippen LogP contribution in [0.1, 0.15) is 60.2 Å². The van der Waals surface area contributed by atoms with Crippen molar-refractivity contribution in [3.05, 3.63) is 34.5 Å². The van der Waals surface area contributed by atoms with Crippen molar-refractivity contribution in [2.45, 2.75) is 52.5 Å². The van der Waals surface area contributed by atoms with Crippen LogP contribution in [0.3, 0.4) is 0 Å². The summed E-state index contributed by atoms with van der Waals surface area (Å²) in [4.78, 5) is 14.8. The highest BCUT2D eigenvalue weighted by molar-refractivity contribution is 5.84. The molecule has 2 aromatic rings. The maximum absolute atomic E-state index is 12.9. The number of amides is 1. The van der Waals surface area contributed by atoms with Crippen LogP contribution in [0.5, 0.6) is 0 Å². The number of nitrogens with zero attached hydrogens (tertiary/aromatic N) is 3. The van der Waals surface area contributed by atoms with Gasteiger partial charge in [0.15, 0.2) is 0 Å². The fourth-order valence-corrected chi connectivity index (χ4v) is 3.36. The van der Waals surface area contributed by atoms with E-state index in [-0.39, 0.29) is 17.9 Å². The van der Waals surface area contributed by atoms with E-state index in [9.17, 15) is 4.79 Å². The van der Waals surface area contributed by atoms with E-state index in [0.29, 0.717) is 5.76 Å². The molecule has 0 saturated carbocycles. The quantitative estimate of drug-likeness (QED) is 0.871. The molecule has 2 aromatic heterocycles. The molecule has 0 N–H and O–H groups in total. The minimum atomic E-state index is -0.264. The first-order valence-corrected chi connectivity index (χ1v) is 7.65. The summed E-state index contributed by atoms with van der Waals surface area (Å²) in [5.74, 6) is 1.32. The van der Waals surface area contributed by atoms with Crippen molar-refractivity contribution >= 4 is 5.91 Å². The molecule has 0 radical (unpaired) electrons. The summed E-state index contributed by atoms with van der Waals surface area (Å²) in [6, 6.07) is 1.92. The summed E-state index contributed by atoms with van der Waals surface area (Å²) in [5.41, 5.74) is 2.52. The van der Waals surface area contributed by atoms with Crippen LogP contribution in [0.2, 0.25) is 0 Å². The Bertz CT molecular complexity index is 669. The molecule has 0 bridgehead atoms. The molecule has 3 heterocycles. The van der Waals surface area contributed by atoms with Crippen LogP contribution < -0.4 is 0 Å². The Morgan fingerprint density at radius 1 is 1.32 bits per heavy atom. The number of rotatable bonds is 3. The van der Waals surface area contributed by atoms with Crippen molar-refractivity contribution in [3.63, 3.8) is 0 Å². The van der Waals surface area contributed by atoms with Gasteiger partial charge in [-0.3, -0.25) is 4.79 Å². The van der Waals surface area contributed by atoms with Crippen molar-refractivity contribution < 1.29 is 13.8 Å². The van der Waals surface area contributed by atoms with Gasteiger partial charge in [-0.15, -0.1) is 0 Å². The number of carbonyl (C=O) groups is 1. The first-order chi connectivity index (χ1) is 10.5. The van der Waals surface area contributed by atoms with Crippen molar-refractivity contribution in [1.82, 2.24) is 15.2 Å². The standard InChI is InChI=1S/C16H21N3O3/c1-9-8-13(18-21-9)14-6-5-7-19(14)16(20)10(2)15-11(3)17-22-12(15)4/h8,10,14H,5-7H2,1-4H3/t10-,14+/m0/s1. The highest BCUT2D eigenvalue weighted by atomic mass is 16.5.